The average molecular weight is 450 g/mol. The molecular weight excluding hydrogens is 419 g/mol. The van der Waals surface area contributed by atoms with E-state index in [0.29, 0.717) is 30.4 Å². The molecule has 1 aromatic carbocycles. The summed E-state index contributed by atoms with van der Waals surface area (Å²) in [6.07, 6.45) is 4.28. The van der Waals surface area contributed by atoms with Crippen LogP contribution in [-0.4, -0.2) is 53.5 Å². The molecule has 5 nitrogen and oxygen atoms in total. The summed E-state index contributed by atoms with van der Waals surface area (Å²) in [5.74, 6) is -4.94. The fourth-order valence-electron chi connectivity index (χ4n) is 4.32. The molecule has 0 saturated heterocycles. The number of phenolic OH excluding ortho intramolecular Hbond substituents is 1. The van der Waals surface area contributed by atoms with Crippen LogP contribution in [-0.2, 0) is 11.2 Å². The lowest BCUT2D eigenvalue weighted by Crippen LogP contribution is -2.43. The van der Waals surface area contributed by atoms with E-state index in [0.717, 1.165) is 6.92 Å². The number of carbonyl (C=O) groups is 1. The van der Waals surface area contributed by atoms with E-state index < -0.39 is 28.8 Å². The zero-order valence-electron chi connectivity index (χ0n) is 18.6. The molecule has 1 heterocycles. The number of nitrogens with one attached hydrogen (secondary N) is 1. The minimum atomic E-state index is -2.90. The first kappa shape index (κ1) is 24.0. The number of aromatic nitrogens is 1. The first-order chi connectivity index (χ1) is 15.0. The van der Waals surface area contributed by atoms with Crippen LogP contribution in [0.25, 0.3) is 0 Å². The van der Waals surface area contributed by atoms with Gasteiger partial charge in [-0.3, -0.25) is 9.78 Å². The van der Waals surface area contributed by atoms with Crippen LogP contribution in [0.4, 0.5) is 13.2 Å². The molecular formula is C24H30F3N3O2. The molecule has 174 valence electrons. The molecule has 1 saturated carbocycles. The van der Waals surface area contributed by atoms with E-state index in [-0.39, 0.29) is 24.9 Å². The van der Waals surface area contributed by atoms with Gasteiger partial charge in [0.15, 0.2) is 11.6 Å². The predicted molar refractivity (Wildman–Crippen MR) is 116 cm³/mol. The Morgan fingerprint density at radius 1 is 1.31 bits per heavy atom. The van der Waals surface area contributed by atoms with Gasteiger partial charge in [-0.1, -0.05) is 12.1 Å². The molecule has 1 aliphatic carbocycles. The maximum atomic E-state index is 14.5. The summed E-state index contributed by atoms with van der Waals surface area (Å²) in [5.41, 5.74) is 0.104. The first-order valence-corrected chi connectivity index (χ1v) is 10.7. The SMILES string of the molecule is CN(C)[C@H](CNC(=O)C[C@@H](c1cccnc1)C1(C(C)(F)F)CC1)Cc1ccc(O)c(F)c1. The zero-order valence-corrected chi connectivity index (χ0v) is 18.6. The number of benzene rings is 1. The van der Waals surface area contributed by atoms with E-state index >= 15 is 0 Å². The normalized spacial score (nSPS) is 17.1. The van der Waals surface area contributed by atoms with Crippen LogP contribution in [0, 0.1) is 11.2 Å². The van der Waals surface area contributed by atoms with Gasteiger partial charge < -0.3 is 15.3 Å². The van der Waals surface area contributed by atoms with Gasteiger partial charge in [0, 0.05) is 42.7 Å². The van der Waals surface area contributed by atoms with Crippen molar-refractivity contribution in [1.29, 1.82) is 0 Å². The highest BCUT2D eigenvalue weighted by molar-refractivity contribution is 5.77. The van der Waals surface area contributed by atoms with Crippen LogP contribution in [0.5, 0.6) is 5.75 Å². The molecule has 0 radical (unpaired) electrons. The van der Waals surface area contributed by atoms with Crippen molar-refractivity contribution in [3.63, 3.8) is 0 Å². The summed E-state index contributed by atoms with van der Waals surface area (Å²) in [4.78, 5) is 18.8. The minimum absolute atomic E-state index is 0.0525. The Kier molecular flexibility index (Phi) is 7.12. The van der Waals surface area contributed by atoms with Crippen molar-refractivity contribution >= 4 is 5.91 Å². The van der Waals surface area contributed by atoms with Crippen molar-refractivity contribution < 1.29 is 23.1 Å². The highest BCUT2D eigenvalue weighted by Crippen LogP contribution is 2.65. The second-order valence-corrected chi connectivity index (χ2v) is 9.00. The van der Waals surface area contributed by atoms with E-state index in [2.05, 4.69) is 10.3 Å². The van der Waals surface area contributed by atoms with Crippen LogP contribution in [0.1, 0.15) is 43.2 Å². The van der Waals surface area contributed by atoms with Gasteiger partial charge in [-0.25, -0.2) is 13.2 Å². The fourth-order valence-corrected chi connectivity index (χ4v) is 4.32. The predicted octanol–water partition coefficient (Wildman–Crippen LogP) is 4.12. The number of alkyl halides is 2. The second kappa shape index (κ2) is 9.48. The van der Waals surface area contributed by atoms with Crippen LogP contribution < -0.4 is 5.32 Å². The smallest absolute Gasteiger partial charge is 0.251 e. The van der Waals surface area contributed by atoms with Crippen LogP contribution >= 0.6 is 0 Å². The molecule has 2 atom stereocenters. The summed E-state index contributed by atoms with van der Waals surface area (Å²) in [7, 11) is 3.70. The third-order valence-electron chi connectivity index (χ3n) is 6.55. The molecule has 8 heteroatoms. The van der Waals surface area contributed by atoms with Gasteiger partial charge in [-0.05, 0) is 69.6 Å². The van der Waals surface area contributed by atoms with Crippen molar-refractivity contribution in [2.45, 2.75) is 50.5 Å². The van der Waals surface area contributed by atoms with E-state index in [1.165, 1.54) is 12.1 Å². The topological polar surface area (TPSA) is 65.5 Å². The highest BCUT2D eigenvalue weighted by Gasteiger charge is 2.63. The molecule has 0 bridgehead atoms. The summed E-state index contributed by atoms with van der Waals surface area (Å²) in [5, 5.41) is 12.2. The van der Waals surface area contributed by atoms with Gasteiger partial charge in [0.05, 0.1) is 0 Å². The molecule has 1 aliphatic rings. The number of halogens is 3. The van der Waals surface area contributed by atoms with Crippen molar-refractivity contribution in [3.8, 4) is 5.75 Å². The minimum Gasteiger partial charge on any atom is -0.505 e. The highest BCUT2D eigenvalue weighted by atomic mass is 19.3. The number of hydrogen-bond donors (Lipinski definition) is 2. The van der Waals surface area contributed by atoms with Crippen molar-refractivity contribution in [2.75, 3.05) is 20.6 Å². The lowest BCUT2D eigenvalue weighted by atomic mass is 9.77. The van der Waals surface area contributed by atoms with E-state index in [1.807, 2.05) is 19.0 Å². The Balaban J connectivity index is 1.68. The molecule has 3 rings (SSSR count). The standard InChI is InChI=1S/C24H30F3N3O2/c1-23(26,27)24(8-9-24)19(17-5-4-10-28-14-17)13-22(32)29-15-18(30(2)3)11-16-6-7-21(31)20(25)12-16/h4-7,10,12,14,18-19,31H,8-9,11,13,15H2,1-3H3,(H,29,32)/t18-,19-/m0/s1. The molecule has 2 N–H and O–H groups in total. The Labute approximate surface area is 186 Å². The summed E-state index contributed by atoms with van der Waals surface area (Å²) in [6.45, 7) is 1.21. The average Bonchev–Trinajstić information content (AvgIpc) is 3.54. The van der Waals surface area contributed by atoms with Crippen molar-refractivity contribution in [2.24, 2.45) is 5.41 Å². The molecule has 1 aromatic heterocycles. The van der Waals surface area contributed by atoms with Crippen LogP contribution in [0.2, 0.25) is 0 Å². The van der Waals surface area contributed by atoms with Gasteiger partial charge in [-0.15, -0.1) is 0 Å². The number of rotatable bonds is 10. The van der Waals surface area contributed by atoms with Gasteiger partial charge in [0.1, 0.15) is 0 Å². The van der Waals surface area contributed by atoms with E-state index in [9.17, 15) is 23.1 Å². The summed E-state index contributed by atoms with van der Waals surface area (Å²) >= 11 is 0. The third kappa shape index (κ3) is 5.41. The molecule has 0 unspecified atom stereocenters. The zero-order chi connectivity index (χ0) is 23.5. The lowest BCUT2D eigenvalue weighted by molar-refractivity contribution is -0.123. The monoisotopic (exact) mass is 449 g/mol. The van der Waals surface area contributed by atoms with E-state index in [4.69, 9.17) is 0 Å². The van der Waals surface area contributed by atoms with Crippen molar-refractivity contribution in [1.82, 2.24) is 15.2 Å². The van der Waals surface area contributed by atoms with Gasteiger partial charge in [0.25, 0.3) is 5.92 Å². The van der Waals surface area contributed by atoms with Gasteiger partial charge in [-0.2, -0.15) is 0 Å². The Hall–Kier alpha value is -2.61. The number of hydrogen-bond acceptors (Lipinski definition) is 4. The largest absolute Gasteiger partial charge is 0.505 e. The molecule has 1 fully saturated rings. The molecule has 2 aromatic rings. The quantitative estimate of drug-likeness (QED) is 0.573. The number of phenols is 1. The Bertz CT molecular complexity index is 928. The Morgan fingerprint density at radius 2 is 2.03 bits per heavy atom. The number of pyridine rings is 1. The number of nitrogens with zero attached hydrogens (tertiary/aromatic N) is 2. The lowest BCUT2D eigenvalue weighted by Gasteiger charge is -2.32. The fraction of sp³-hybridized carbons (Fsp3) is 0.500. The third-order valence-corrected chi connectivity index (χ3v) is 6.55. The molecule has 32 heavy (non-hydrogen) atoms. The molecule has 0 aliphatic heterocycles. The number of amides is 1. The molecule has 0 spiro atoms. The number of aromatic hydroxyl groups is 1. The van der Waals surface area contributed by atoms with Gasteiger partial charge in [0.2, 0.25) is 5.91 Å². The Morgan fingerprint density at radius 3 is 2.56 bits per heavy atom. The second-order valence-electron chi connectivity index (χ2n) is 9.00. The number of carbonyl (C=O) groups excluding carboxylic acids is 1. The summed E-state index contributed by atoms with van der Waals surface area (Å²) in [6, 6.07) is 7.51. The summed E-state index contributed by atoms with van der Waals surface area (Å²) < 4.78 is 42.6. The molecule has 1 amide bonds. The maximum Gasteiger partial charge on any atom is 0.251 e. The first-order valence-electron chi connectivity index (χ1n) is 10.7. The van der Waals surface area contributed by atoms with E-state index in [1.54, 1.807) is 30.6 Å². The maximum absolute atomic E-state index is 14.5. The van der Waals surface area contributed by atoms with Crippen LogP contribution in [0.15, 0.2) is 42.7 Å². The number of likely N-dealkylation sites (N-methyl/N-ethyl adjacent to an activating group) is 1. The van der Waals surface area contributed by atoms with Crippen LogP contribution in [0.3, 0.4) is 0 Å². The van der Waals surface area contributed by atoms with Gasteiger partial charge >= 0.3 is 0 Å². The van der Waals surface area contributed by atoms with Crippen molar-refractivity contribution in [3.05, 3.63) is 59.7 Å².